The lowest BCUT2D eigenvalue weighted by Crippen LogP contribution is -2.39. The lowest BCUT2D eigenvalue weighted by atomic mass is 9.83. The summed E-state index contributed by atoms with van der Waals surface area (Å²) in [5.74, 6) is 1.32. The number of hydrogen-bond donors (Lipinski definition) is 3. The molecule has 2 aromatic rings. The molecule has 0 amide bonds. The number of nitrogens with two attached hydrogens (primary N) is 2. The van der Waals surface area contributed by atoms with Gasteiger partial charge in [0.2, 0.25) is 0 Å². The summed E-state index contributed by atoms with van der Waals surface area (Å²) in [5.41, 5.74) is 15.6. The van der Waals surface area contributed by atoms with Gasteiger partial charge < -0.3 is 10.5 Å². The second-order valence-corrected chi connectivity index (χ2v) is 8.09. The highest BCUT2D eigenvalue weighted by Gasteiger charge is 2.25. The molecule has 0 aromatic heterocycles. The molecule has 3 nitrogen and oxygen atoms in total. The number of ether oxygens (including phenoxy) is 1. The minimum Gasteiger partial charge on any atom is -0.469 e. The van der Waals surface area contributed by atoms with E-state index in [2.05, 4.69) is 36.9 Å². The summed E-state index contributed by atoms with van der Waals surface area (Å²) in [6.07, 6.45) is 4.82. The Morgan fingerprint density at radius 1 is 1.04 bits per heavy atom. The van der Waals surface area contributed by atoms with Crippen molar-refractivity contribution in [2.24, 2.45) is 5.73 Å². The summed E-state index contributed by atoms with van der Waals surface area (Å²) < 4.78 is 6.01. The summed E-state index contributed by atoms with van der Waals surface area (Å²) in [6, 6.07) is 14.2. The molecule has 0 aliphatic heterocycles. The third-order valence-corrected chi connectivity index (χ3v) is 5.75. The lowest BCUT2D eigenvalue weighted by Gasteiger charge is -2.29. The zero-order valence-corrected chi connectivity index (χ0v) is 15.9. The molecule has 1 unspecified atom stereocenters. The van der Waals surface area contributed by atoms with Crippen LogP contribution >= 0.6 is 12.6 Å². The van der Waals surface area contributed by atoms with Gasteiger partial charge in [0.25, 0.3) is 0 Å². The molecular formula is C21H28N2OS. The zero-order chi connectivity index (χ0) is 18.0. The van der Waals surface area contributed by atoms with Crippen LogP contribution in [0.5, 0.6) is 5.75 Å². The van der Waals surface area contributed by atoms with Crippen molar-refractivity contribution in [2.45, 2.75) is 56.4 Å². The molecular weight excluding hydrogens is 328 g/mol. The van der Waals surface area contributed by atoms with Crippen LogP contribution in [0, 0.1) is 6.92 Å². The maximum atomic E-state index is 6.43. The van der Waals surface area contributed by atoms with Gasteiger partial charge in [0.1, 0.15) is 5.75 Å². The van der Waals surface area contributed by atoms with Crippen molar-refractivity contribution in [3.8, 4) is 5.75 Å². The third kappa shape index (κ3) is 4.31. The van der Waals surface area contributed by atoms with Gasteiger partial charge in [-0.25, -0.2) is 0 Å². The molecule has 1 fully saturated rings. The monoisotopic (exact) mass is 356 g/mol. The van der Waals surface area contributed by atoms with Crippen LogP contribution in [0.2, 0.25) is 0 Å². The first kappa shape index (κ1) is 18.2. The maximum absolute atomic E-state index is 6.43. The lowest BCUT2D eigenvalue weighted by molar-refractivity contribution is 0.0947. The van der Waals surface area contributed by atoms with Gasteiger partial charge in [0.05, 0.1) is 0 Å². The smallest absolute Gasteiger partial charge is 0.181 e. The Kier molecular flexibility index (Phi) is 5.30. The predicted molar refractivity (Wildman–Crippen MR) is 108 cm³/mol. The Bertz CT molecular complexity index is 719. The van der Waals surface area contributed by atoms with Gasteiger partial charge in [-0.2, -0.15) is 12.6 Å². The van der Waals surface area contributed by atoms with Gasteiger partial charge in [-0.05, 0) is 62.6 Å². The standard InChI is InChI=1S/C21H28N2OS/c1-14-3-10-18(13-20(14)22)24-21(2,23)17-8-4-15(5-9-17)16-6-11-19(25)12-7-16/h3-5,8-10,13,16,19,25H,6-7,11-12,22-23H2,1-2H3. The summed E-state index contributed by atoms with van der Waals surface area (Å²) >= 11 is 4.59. The number of thiol groups is 1. The van der Waals surface area contributed by atoms with Crippen molar-refractivity contribution >= 4 is 18.3 Å². The largest absolute Gasteiger partial charge is 0.469 e. The molecule has 3 rings (SSSR count). The highest BCUT2D eigenvalue weighted by molar-refractivity contribution is 7.80. The average Bonchev–Trinajstić information content (AvgIpc) is 2.59. The van der Waals surface area contributed by atoms with E-state index in [1.807, 2.05) is 32.0 Å². The number of hydrogen-bond acceptors (Lipinski definition) is 4. The van der Waals surface area contributed by atoms with Gasteiger partial charge in [-0.15, -0.1) is 0 Å². The molecule has 1 atom stereocenters. The minimum absolute atomic E-state index is 0.568. The van der Waals surface area contributed by atoms with Crippen LogP contribution < -0.4 is 16.2 Å². The summed E-state index contributed by atoms with van der Waals surface area (Å²) in [4.78, 5) is 0. The topological polar surface area (TPSA) is 61.3 Å². The molecule has 0 saturated heterocycles. The van der Waals surface area contributed by atoms with E-state index in [1.54, 1.807) is 0 Å². The third-order valence-electron chi connectivity index (χ3n) is 5.23. The van der Waals surface area contributed by atoms with Crippen LogP contribution in [-0.4, -0.2) is 5.25 Å². The van der Waals surface area contributed by atoms with Crippen LogP contribution in [0.25, 0.3) is 0 Å². The van der Waals surface area contributed by atoms with Crippen LogP contribution in [0.3, 0.4) is 0 Å². The second-order valence-electron chi connectivity index (χ2n) is 7.35. The van der Waals surface area contributed by atoms with E-state index in [-0.39, 0.29) is 0 Å². The molecule has 0 radical (unpaired) electrons. The van der Waals surface area contributed by atoms with E-state index in [0.29, 0.717) is 22.6 Å². The molecule has 25 heavy (non-hydrogen) atoms. The maximum Gasteiger partial charge on any atom is 0.181 e. The highest BCUT2D eigenvalue weighted by atomic mass is 32.1. The number of anilines is 1. The fraction of sp³-hybridized carbons (Fsp3) is 0.429. The average molecular weight is 357 g/mol. The molecule has 4 heteroatoms. The van der Waals surface area contributed by atoms with Crippen molar-refractivity contribution in [3.05, 3.63) is 59.2 Å². The molecule has 4 N–H and O–H groups in total. The zero-order valence-electron chi connectivity index (χ0n) is 15.0. The molecule has 0 heterocycles. The Hall–Kier alpha value is -1.65. The van der Waals surface area contributed by atoms with Crippen LogP contribution in [0.15, 0.2) is 42.5 Å². The van der Waals surface area contributed by atoms with Gasteiger partial charge in [0, 0.05) is 22.6 Å². The quantitative estimate of drug-likeness (QED) is 0.421. The van der Waals surface area contributed by atoms with E-state index in [0.717, 1.165) is 11.1 Å². The predicted octanol–water partition coefficient (Wildman–Crippen LogP) is 4.74. The van der Waals surface area contributed by atoms with Crippen LogP contribution in [-0.2, 0) is 5.72 Å². The fourth-order valence-electron chi connectivity index (χ4n) is 3.48. The van der Waals surface area contributed by atoms with Crippen molar-refractivity contribution in [1.29, 1.82) is 0 Å². The summed E-state index contributed by atoms with van der Waals surface area (Å²) in [5, 5.41) is 0.568. The van der Waals surface area contributed by atoms with E-state index in [4.69, 9.17) is 16.2 Å². The molecule has 0 bridgehead atoms. The normalized spacial score (nSPS) is 23.0. The van der Waals surface area contributed by atoms with Gasteiger partial charge >= 0.3 is 0 Å². The molecule has 2 aromatic carbocycles. The highest BCUT2D eigenvalue weighted by Crippen LogP contribution is 2.35. The molecule has 1 aliphatic carbocycles. The Morgan fingerprint density at radius 3 is 2.28 bits per heavy atom. The second kappa shape index (κ2) is 7.30. The fourth-order valence-corrected chi connectivity index (χ4v) is 3.78. The van der Waals surface area contributed by atoms with E-state index >= 15 is 0 Å². The molecule has 1 saturated carbocycles. The number of benzene rings is 2. The van der Waals surface area contributed by atoms with Crippen LogP contribution in [0.4, 0.5) is 5.69 Å². The summed E-state index contributed by atoms with van der Waals surface area (Å²) in [7, 11) is 0. The Balaban J connectivity index is 1.72. The number of nitrogen functional groups attached to an aromatic ring is 1. The first-order valence-corrected chi connectivity index (χ1v) is 9.49. The first-order valence-electron chi connectivity index (χ1n) is 8.97. The minimum atomic E-state index is -0.900. The van der Waals surface area contributed by atoms with Gasteiger partial charge in [-0.1, -0.05) is 30.3 Å². The molecule has 1 aliphatic rings. The van der Waals surface area contributed by atoms with E-state index < -0.39 is 5.72 Å². The van der Waals surface area contributed by atoms with Crippen molar-refractivity contribution < 1.29 is 4.74 Å². The van der Waals surface area contributed by atoms with Crippen molar-refractivity contribution in [3.63, 3.8) is 0 Å². The molecule has 134 valence electrons. The Labute approximate surface area is 156 Å². The van der Waals surface area contributed by atoms with Gasteiger partial charge in [0.15, 0.2) is 5.72 Å². The summed E-state index contributed by atoms with van der Waals surface area (Å²) in [6.45, 7) is 3.85. The Morgan fingerprint density at radius 2 is 1.68 bits per heavy atom. The number of rotatable bonds is 4. The SMILES string of the molecule is Cc1ccc(OC(C)(N)c2ccc(C3CCC(S)CC3)cc2)cc1N. The number of aryl methyl sites for hydroxylation is 1. The van der Waals surface area contributed by atoms with Crippen molar-refractivity contribution in [1.82, 2.24) is 0 Å². The first-order chi connectivity index (χ1) is 11.8. The van der Waals surface area contributed by atoms with Gasteiger partial charge in [-0.3, -0.25) is 5.73 Å². The van der Waals surface area contributed by atoms with Crippen molar-refractivity contribution in [2.75, 3.05) is 5.73 Å². The van der Waals surface area contributed by atoms with Crippen LogP contribution in [0.1, 0.15) is 55.2 Å². The molecule has 0 spiro atoms. The van der Waals surface area contributed by atoms with E-state index in [9.17, 15) is 0 Å². The van der Waals surface area contributed by atoms with E-state index in [1.165, 1.54) is 31.2 Å².